The predicted octanol–water partition coefficient (Wildman–Crippen LogP) is 1.61. The number of carbonyl (C=O) groups excluding carboxylic acids is 1. The molecule has 0 saturated carbocycles. The van der Waals surface area contributed by atoms with Gasteiger partial charge in [-0.2, -0.15) is 0 Å². The van der Waals surface area contributed by atoms with Crippen LogP contribution in [0, 0.1) is 12.7 Å². The molecule has 0 aliphatic carbocycles. The standard InChI is InChI=1S/C26H33FN6O2/c1-16-3-2-4-21(27)26(16)33-23(35)13-22-25(30-33)24(29-28-22)17-5-7-18(8-6-17)31-14-19-9-10-20(15-31)32(19)11-12-34/h2-8,19-20,22,24-25,28-30,34H,9-15H2,1H3. The number of aryl methyl sites for hydroxylation is 1. The van der Waals surface area contributed by atoms with Gasteiger partial charge in [-0.15, -0.1) is 0 Å². The third-order valence-electron chi connectivity index (χ3n) is 8.16. The van der Waals surface area contributed by atoms with Crippen molar-refractivity contribution in [2.24, 2.45) is 0 Å². The van der Waals surface area contributed by atoms with Gasteiger partial charge in [0.05, 0.1) is 24.4 Å². The van der Waals surface area contributed by atoms with Crippen molar-refractivity contribution in [2.45, 2.75) is 56.4 Å². The second-order valence-electron chi connectivity index (χ2n) is 10.2. The molecule has 4 aliphatic rings. The van der Waals surface area contributed by atoms with Crippen LogP contribution in [-0.2, 0) is 4.79 Å². The lowest BCUT2D eigenvalue weighted by Gasteiger charge is -2.42. The fraction of sp³-hybridized carbons (Fsp3) is 0.500. The van der Waals surface area contributed by atoms with Gasteiger partial charge in [0.1, 0.15) is 5.82 Å². The number of hydrogen-bond acceptors (Lipinski definition) is 7. The fourth-order valence-corrected chi connectivity index (χ4v) is 6.41. The molecule has 4 fully saturated rings. The first kappa shape index (κ1) is 22.9. The summed E-state index contributed by atoms with van der Waals surface area (Å²) >= 11 is 0. The number of anilines is 2. The molecule has 0 spiro atoms. The Morgan fingerprint density at radius 1 is 1.06 bits per heavy atom. The zero-order chi connectivity index (χ0) is 24.1. The van der Waals surface area contributed by atoms with E-state index in [-0.39, 0.29) is 37.1 Å². The maximum atomic E-state index is 14.6. The Labute approximate surface area is 205 Å². The van der Waals surface area contributed by atoms with Crippen molar-refractivity contribution in [3.8, 4) is 0 Å². The number of nitrogens with zero attached hydrogens (tertiary/aromatic N) is 3. The molecule has 5 atom stereocenters. The highest BCUT2D eigenvalue weighted by Crippen LogP contribution is 2.35. The monoisotopic (exact) mass is 480 g/mol. The highest BCUT2D eigenvalue weighted by Gasteiger charge is 2.45. The summed E-state index contributed by atoms with van der Waals surface area (Å²) in [7, 11) is 0. The van der Waals surface area contributed by atoms with E-state index in [1.54, 1.807) is 6.07 Å². The molecule has 0 aromatic heterocycles. The number of benzene rings is 2. The van der Waals surface area contributed by atoms with Crippen LogP contribution < -0.4 is 26.2 Å². The van der Waals surface area contributed by atoms with Crippen molar-refractivity contribution in [1.82, 2.24) is 21.2 Å². The molecule has 35 heavy (non-hydrogen) atoms. The Hall–Kier alpha value is -2.56. The van der Waals surface area contributed by atoms with Gasteiger partial charge in [-0.1, -0.05) is 24.3 Å². The van der Waals surface area contributed by atoms with Crippen LogP contribution in [0.3, 0.4) is 0 Å². The molecule has 4 saturated heterocycles. The normalized spacial score (nSPS) is 30.7. The van der Waals surface area contributed by atoms with E-state index in [1.807, 2.05) is 13.0 Å². The number of hydrogen-bond donors (Lipinski definition) is 4. The van der Waals surface area contributed by atoms with Crippen molar-refractivity contribution < 1.29 is 14.3 Å². The number of nitrogens with one attached hydrogen (secondary N) is 3. The van der Waals surface area contributed by atoms with Gasteiger partial charge < -0.3 is 10.0 Å². The molecular weight excluding hydrogens is 447 g/mol. The maximum absolute atomic E-state index is 14.6. The summed E-state index contributed by atoms with van der Waals surface area (Å²) in [5.74, 6) is -0.558. The topological polar surface area (TPSA) is 83.1 Å². The molecule has 186 valence electrons. The fourth-order valence-electron chi connectivity index (χ4n) is 6.41. The SMILES string of the molecule is Cc1cccc(F)c1N1NC2C(CC1=O)NNC2c1ccc(N2CC3CCC(C2)N3CCO)cc1. The van der Waals surface area contributed by atoms with Gasteiger partial charge in [-0.3, -0.25) is 15.1 Å². The minimum Gasteiger partial charge on any atom is -0.395 e. The van der Waals surface area contributed by atoms with Crippen LogP contribution in [-0.4, -0.2) is 66.3 Å². The van der Waals surface area contributed by atoms with Crippen LogP contribution >= 0.6 is 0 Å². The van der Waals surface area contributed by atoms with Gasteiger partial charge in [0, 0.05) is 49.9 Å². The number of fused-ring (bicyclic) bond motifs is 3. The summed E-state index contributed by atoms with van der Waals surface area (Å²) in [6.45, 7) is 4.79. The van der Waals surface area contributed by atoms with E-state index < -0.39 is 5.82 Å². The summed E-state index contributed by atoms with van der Waals surface area (Å²) in [5, 5.41) is 10.8. The number of halogens is 1. The largest absolute Gasteiger partial charge is 0.395 e. The number of rotatable bonds is 5. The second-order valence-corrected chi connectivity index (χ2v) is 10.2. The van der Waals surface area contributed by atoms with E-state index in [0.717, 1.165) is 30.8 Å². The first-order chi connectivity index (χ1) is 17.0. The van der Waals surface area contributed by atoms with Gasteiger partial charge >= 0.3 is 0 Å². The zero-order valence-corrected chi connectivity index (χ0v) is 20.0. The molecule has 4 aliphatic heterocycles. The minimum atomic E-state index is -0.405. The summed E-state index contributed by atoms with van der Waals surface area (Å²) < 4.78 is 14.6. The number of piperazine rings is 1. The highest BCUT2D eigenvalue weighted by atomic mass is 19.1. The molecule has 2 aromatic carbocycles. The highest BCUT2D eigenvalue weighted by molar-refractivity contribution is 5.94. The summed E-state index contributed by atoms with van der Waals surface area (Å²) in [6.07, 6.45) is 2.68. The molecule has 0 radical (unpaired) electrons. The first-order valence-electron chi connectivity index (χ1n) is 12.6. The number of carbonyl (C=O) groups is 1. The molecule has 2 bridgehead atoms. The van der Waals surface area contributed by atoms with Crippen molar-refractivity contribution in [3.05, 3.63) is 59.4 Å². The van der Waals surface area contributed by atoms with Crippen LogP contribution in [0.2, 0.25) is 0 Å². The number of aliphatic hydroxyl groups excluding tert-OH is 1. The van der Waals surface area contributed by atoms with Crippen LogP contribution in [0.4, 0.5) is 15.8 Å². The van der Waals surface area contributed by atoms with Crippen LogP contribution in [0.25, 0.3) is 0 Å². The number of amides is 1. The number of hydrazine groups is 2. The average molecular weight is 481 g/mol. The van der Waals surface area contributed by atoms with Crippen LogP contribution in [0.1, 0.15) is 36.4 Å². The molecular formula is C26H33FN6O2. The molecule has 8 nitrogen and oxygen atoms in total. The number of para-hydroxylation sites is 1. The Morgan fingerprint density at radius 2 is 1.80 bits per heavy atom. The van der Waals surface area contributed by atoms with E-state index in [4.69, 9.17) is 0 Å². The molecule has 2 aromatic rings. The maximum Gasteiger partial charge on any atom is 0.243 e. The molecule has 4 N–H and O–H groups in total. The van der Waals surface area contributed by atoms with E-state index in [2.05, 4.69) is 50.3 Å². The molecule has 1 amide bonds. The van der Waals surface area contributed by atoms with Crippen molar-refractivity contribution >= 4 is 17.3 Å². The van der Waals surface area contributed by atoms with Gasteiger partial charge in [0.25, 0.3) is 0 Å². The smallest absolute Gasteiger partial charge is 0.243 e. The quantitative estimate of drug-likeness (QED) is 0.518. The van der Waals surface area contributed by atoms with E-state index in [9.17, 15) is 14.3 Å². The summed E-state index contributed by atoms with van der Waals surface area (Å²) in [5.41, 5.74) is 13.3. The Kier molecular flexibility index (Phi) is 5.98. The third-order valence-corrected chi connectivity index (χ3v) is 8.16. The Balaban J connectivity index is 1.18. The van der Waals surface area contributed by atoms with Crippen LogP contribution in [0.5, 0.6) is 0 Å². The lowest BCUT2D eigenvalue weighted by atomic mass is 9.93. The van der Waals surface area contributed by atoms with Crippen molar-refractivity contribution in [3.63, 3.8) is 0 Å². The Bertz CT molecular complexity index is 1060. The van der Waals surface area contributed by atoms with E-state index in [0.29, 0.717) is 17.8 Å². The number of aliphatic hydroxyl groups is 1. The molecule has 4 heterocycles. The van der Waals surface area contributed by atoms with Gasteiger partial charge in [0.15, 0.2) is 0 Å². The molecule has 5 unspecified atom stereocenters. The average Bonchev–Trinajstić information content (AvgIpc) is 3.35. The molecule has 9 heteroatoms. The predicted molar refractivity (Wildman–Crippen MR) is 132 cm³/mol. The van der Waals surface area contributed by atoms with E-state index in [1.165, 1.54) is 29.6 Å². The van der Waals surface area contributed by atoms with Crippen LogP contribution in [0.15, 0.2) is 42.5 Å². The second kappa shape index (κ2) is 9.15. The molecule has 6 rings (SSSR count). The van der Waals surface area contributed by atoms with Gasteiger partial charge in [-0.25, -0.2) is 20.3 Å². The van der Waals surface area contributed by atoms with E-state index >= 15 is 0 Å². The Morgan fingerprint density at radius 3 is 2.49 bits per heavy atom. The minimum absolute atomic E-state index is 0.0608. The summed E-state index contributed by atoms with van der Waals surface area (Å²) in [4.78, 5) is 17.8. The first-order valence-corrected chi connectivity index (χ1v) is 12.6. The zero-order valence-electron chi connectivity index (χ0n) is 20.0. The third kappa shape index (κ3) is 4.01. The lowest BCUT2D eigenvalue weighted by molar-refractivity contribution is -0.121. The van der Waals surface area contributed by atoms with Gasteiger partial charge in [0.2, 0.25) is 5.91 Å². The summed E-state index contributed by atoms with van der Waals surface area (Å²) in [6, 6.07) is 14.3. The lowest BCUT2D eigenvalue weighted by Crippen LogP contribution is -2.60. The van der Waals surface area contributed by atoms with Crippen molar-refractivity contribution in [1.29, 1.82) is 0 Å². The van der Waals surface area contributed by atoms with Gasteiger partial charge in [-0.05, 0) is 49.1 Å². The van der Waals surface area contributed by atoms with Crippen molar-refractivity contribution in [2.75, 3.05) is 36.1 Å².